The number of methoxy groups -OCH3 is 2. The van der Waals surface area contributed by atoms with Gasteiger partial charge in [-0.2, -0.15) is 0 Å². The van der Waals surface area contributed by atoms with Crippen molar-refractivity contribution < 1.29 is 19.3 Å². The molecular weight excluding hydrogens is 570 g/mol. The van der Waals surface area contributed by atoms with E-state index in [1.807, 2.05) is 84.9 Å². The maximum Gasteiger partial charge on any atom is 0.348 e. The molecule has 0 unspecified atom stereocenters. The summed E-state index contributed by atoms with van der Waals surface area (Å²) in [5, 5.41) is 22.7. The number of nitro benzene ring substituents is 2. The van der Waals surface area contributed by atoms with Crippen LogP contribution in [0.5, 0.6) is 11.5 Å². The maximum atomic E-state index is 11.3. The standard InChI is InChI=1S/C31H23N5O6S/c1-41-23-11-7-21(8-12-23)34(22-9-13-24(42-2)14-10-22)20-5-3-19(4-6-20)29-15-16-30(43-29)31-32-25-17-27(35(37)38)28(36(39)40)18-26(25)33-31/h3-18H,1-2H3,(H,32,33). The van der Waals surface area contributed by atoms with Crippen molar-refractivity contribution in [2.24, 2.45) is 0 Å². The lowest BCUT2D eigenvalue weighted by molar-refractivity contribution is -0.422. The number of hydrogen-bond acceptors (Lipinski definition) is 9. The van der Waals surface area contributed by atoms with E-state index in [2.05, 4.69) is 14.9 Å². The number of hydrogen-bond donors (Lipinski definition) is 1. The van der Waals surface area contributed by atoms with Gasteiger partial charge in [-0.15, -0.1) is 11.3 Å². The smallest absolute Gasteiger partial charge is 0.348 e. The average molecular weight is 594 g/mol. The first-order chi connectivity index (χ1) is 20.8. The van der Waals surface area contributed by atoms with Gasteiger partial charge < -0.3 is 19.4 Å². The van der Waals surface area contributed by atoms with Gasteiger partial charge in [-0.3, -0.25) is 20.2 Å². The lowest BCUT2D eigenvalue weighted by atomic mass is 10.1. The van der Waals surface area contributed by atoms with Crippen molar-refractivity contribution in [3.63, 3.8) is 0 Å². The zero-order valence-corrected chi connectivity index (χ0v) is 23.7. The van der Waals surface area contributed by atoms with Crippen LogP contribution >= 0.6 is 11.3 Å². The maximum absolute atomic E-state index is 11.3. The molecule has 0 aliphatic rings. The fourth-order valence-electron chi connectivity index (χ4n) is 4.75. The van der Waals surface area contributed by atoms with Crippen LogP contribution in [0.2, 0.25) is 0 Å². The molecule has 6 rings (SSSR count). The number of benzene rings is 4. The Kier molecular flexibility index (Phi) is 7.18. The molecule has 0 saturated heterocycles. The Balaban J connectivity index is 1.31. The van der Waals surface area contributed by atoms with Gasteiger partial charge in [0.15, 0.2) is 0 Å². The lowest BCUT2D eigenvalue weighted by Crippen LogP contribution is -2.09. The number of thiophene rings is 1. The molecule has 0 bridgehead atoms. The molecule has 43 heavy (non-hydrogen) atoms. The molecule has 2 aromatic heterocycles. The second-order valence-electron chi connectivity index (χ2n) is 9.40. The number of imidazole rings is 1. The lowest BCUT2D eigenvalue weighted by Gasteiger charge is -2.26. The first-order valence-corrected chi connectivity index (χ1v) is 13.8. The Morgan fingerprint density at radius 2 is 1.19 bits per heavy atom. The third-order valence-corrected chi connectivity index (χ3v) is 8.02. The molecule has 0 fully saturated rings. The summed E-state index contributed by atoms with van der Waals surface area (Å²) in [6.45, 7) is 0. The van der Waals surface area contributed by atoms with Gasteiger partial charge in [-0.25, -0.2) is 4.98 Å². The largest absolute Gasteiger partial charge is 0.497 e. The monoisotopic (exact) mass is 593 g/mol. The Bertz CT molecular complexity index is 1850. The van der Waals surface area contributed by atoms with E-state index in [4.69, 9.17) is 9.47 Å². The van der Waals surface area contributed by atoms with Crippen molar-refractivity contribution in [1.82, 2.24) is 9.97 Å². The Labute approximate surface area is 248 Å². The zero-order valence-electron chi connectivity index (χ0n) is 22.9. The van der Waals surface area contributed by atoms with Crippen molar-refractivity contribution in [3.8, 4) is 32.6 Å². The molecule has 0 aliphatic carbocycles. The summed E-state index contributed by atoms with van der Waals surface area (Å²) in [7, 11) is 3.27. The van der Waals surface area contributed by atoms with Gasteiger partial charge >= 0.3 is 11.4 Å². The molecule has 214 valence electrons. The van der Waals surface area contributed by atoms with Crippen LogP contribution in [0.1, 0.15) is 0 Å². The summed E-state index contributed by atoms with van der Waals surface area (Å²) in [5.41, 5.74) is 3.32. The van der Waals surface area contributed by atoms with E-state index in [1.54, 1.807) is 14.2 Å². The number of H-pyrrole nitrogens is 1. The number of fused-ring (bicyclic) bond motifs is 1. The molecule has 0 radical (unpaired) electrons. The van der Waals surface area contributed by atoms with Crippen LogP contribution in [0.4, 0.5) is 28.4 Å². The summed E-state index contributed by atoms with van der Waals surface area (Å²) >= 11 is 1.49. The van der Waals surface area contributed by atoms with Crippen molar-refractivity contribution >= 4 is 50.8 Å². The highest BCUT2D eigenvalue weighted by atomic mass is 32.1. The number of aromatic amines is 1. The van der Waals surface area contributed by atoms with Gasteiger partial charge in [-0.05, 0) is 78.4 Å². The van der Waals surface area contributed by atoms with Gasteiger partial charge in [-0.1, -0.05) is 12.1 Å². The molecule has 12 heteroatoms. The number of nitro groups is 2. The predicted molar refractivity (Wildman–Crippen MR) is 166 cm³/mol. The third-order valence-electron chi connectivity index (χ3n) is 6.88. The first-order valence-electron chi connectivity index (χ1n) is 13.0. The highest BCUT2D eigenvalue weighted by Crippen LogP contribution is 2.39. The minimum Gasteiger partial charge on any atom is -0.497 e. The summed E-state index contributed by atoms with van der Waals surface area (Å²) in [6, 6.07) is 30.0. The molecule has 2 heterocycles. The minimum absolute atomic E-state index is 0.281. The first kappa shape index (κ1) is 27.4. The molecule has 1 N–H and O–H groups in total. The van der Waals surface area contributed by atoms with Gasteiger partial charge in [0, 0.05) is 28.0 Å². The van der Waals surface area contributed by atoms with E-state index < -0.39 is 21.2 Å². The number of nitrogens with zero attached hydrogens (tertiary/aromatic N) is 4. The van der Waals surface area contributed by atoms with Gasteiger partial charge in [0.25, 0.3) is 0 Å². The number of nitrogens with one attached hydrogen (secondary N) is 1. The fraction of sp³-hybridized carbons (Fsp3) is 0.0645. The number of rotatable bonds is 9. The van der Waals surface area contributed by atoms with Crippen LogP contribution in [0.25, 0.3) is 32.2 Å². The van der Waals surface area contributed by atoms with Crippen molar-refractivity contribution in [1.29, 1.82) is 0 Å². The SMILES string of the molecule is COc1ccc(N(c2ccc(OC)cc2)c2ccc(-c3ccc(-c4nc5cc([N+](=O)[O-])c([N+](=O)[O-])cc5[nH]4)s3)cc2)cc1. The van der Waals surface area contributed by atoms with Gasteiger partial charge in [0.05, 0.1) is 46.0 Å². The van der Waals surface area contributed by atoms with E-state index in [9.17, 15) is 20.2 Å². The second-order valence-corrected chi connectivity index (χ2v) is 10.5. The molecule has 0 saturated carbocycles. The second kappa shape index (κ2) is 11.3. The molecule has 0 atom stereocenters. The predicted octanol–water partition coefficient (Wildman–Crippen LogP) is 8.26. The summed E-state index contributed by atoms with van der Waals surface area (Å²) in [6.07, 6.45) is 0. The third kappa shape index (κ3) is 5.34. The van der Waals surface area contributed by atoms with Crippen LogP contribution in [0.15, 0.2) is 97.1 Å². The van der Waals surface area contributed by atoms with Crippen molar-refractivity contribution in [2.45, 2.75) is 0 Å². The molecule has 6 aromatic rings. The van der Waals surface area contributed by atoms with E-state index in [-0.39, 0.29) is 5.52 Å². The highest BCUT2D eigenvalue weighted by Gasteiger charge is 2.26. The Morgan fingerprint density at radius 3 is 1.70 bits per heavy atom. The quantitative estimate of drug-likeness (QED) is 0.131. The van der Waals surface area contributed by atoms with Crippen molar-refractivity contribution in [2.75, 3.05) is 19.1 Å². The van der Waals surface area contributed by atoms with Crippen LogP contribution < -0.4 is 14.4 Å². The normalized spacial score (nSPS) is 10.9. The Morgan fingerprint density at radius 1 is 0.698 bits per heavy atom. The van der Waals surface area contributed by atoms with Gasteiger partial charge in [0.2, 0.25) is 0 Å². The molecular formula is C31H23N5O6S. The summed E-state index contributed by atoms with van der Waals surface area (Å²) in [5.74, 6) is 2.01. The molecule has 4 aromatic carbocycles. The van der Waals surface area contributed by atoms with E-state index in [1.165, 1.54) is 11.3 Å². The zero-order chi connectivity index (χ0) is 30.1. The van der Waals surface area contributed by atoms with E-state index in [0.29, 0.717) is 11.3 Å². The highest BCUT2D eigenvalue weighted by molar-refractivity contribution is 7.18. The summed E-state index contributed by atoms with van der Waals surface area (Å²) in [4.78, 5) is 32.6. The van der Waals surface area contributed by atoms with Crippen molar-refractivity contribution in [3.05, 3.63) is 117 Å². The number of aromatic nitrogens is 2. The molecule has 0 spiro atoms. The number of ether oxygens (including phenoxy) is 2. The summed E-state index contributed by atoms with van der Waals surface area (Å²) < 4.78 is 10.7. The Hall–Kier alpha value is -5.75. The van der Waals surface area contributed by atoms with Crippen LogP contribution in [-0.2, 0) is 0 Å². The van der Waals surface area contributed by atoms with Gasteiger partial charge in [0.1, 0.15) is 17.3 Å². The topological polar surface area (TPSA) is 137 Å². The van der Waals surface area contributed by atoms with Crippen LogP contribution in [0.3, 0.4) is 0 Å². The molecule has 0 amide bonds. The number of anilines is 3. The fourth-order valence-corrected chi connectivity index (χ4v) is 5.70. The van der Waals surface area contributed by atoms with Crippen LogP contribution in [0, 0.1) is 20.2 Å². The minimum atomic E-state index is -0.775. The molecule has 11 nitrogen and oxygen atoms in total. The van der Waals surface area contributed by atoms with Crippen LogP contribution in [-0.4, -0.2) is 34.0 Å². The molecule has 0 aliphatic heterocycles. The average Bonchev–Trinajstić information content (AvgIpc) is 3.69. The van der Waals surface area contributed by atoms with E-state index >= 15 is 0 Å². The van der Waals surface area contributed by atoms with E-state index in [0.717, 1.165) is 56.0 Å².